The Morgan fingerprint density at radius 3 is 0.273 bits per heavy atom. The largest absolute Gasteiger partial charge is 4.00 e. The molecule has 0 rings (SSSR count). The van der Waals surface area contributed by atoms with Crippen LogP contribution in [0, 0.1) is 0 Å². The Balaban J connectivity index is 0. The number of hydrogen-bond donors (Lipinski definition) is 0. The van der Waals surface area contributed by atoms with Gasteiger partial charge in [0.15, 0.2) is 0 Å². The molecule has 0 saturated carbocycles. The van der Waals surface area contributed by atoms with Crippen LogP contribution < -0.4 is 67.9 Å². The molecule has 64 valence electrons. The molecule has 0 unspecified atom stereocenters. The van der Waals surface area contributed by atoms with Crippen molar-refractivity contribution in [1.82, 2.24) is 0 Å². The Kier molecular flexibility index (Phi) is 1990. The van der Waals surface area contributed by atoms with Gasteiger partial charge in [0.1, 0.15) is 0 Å². The predicted octanol–water partition coefficient (Wildman–Crippen LogP) is -12.5. The van der Waals surface area contributed by atoms with Crippen molar-refractivity contribution in [2.24, 2.45) is 0 Å². The van der Waals surface area contributed by atoms with Crippen LogP contribution in [0.4, 0.5) is 0 Å². The van der Waals surface area contributed by atoms with Gasteiger partial charge in [-0.15, -0.1) is 0 Å². The minimum Gasteiger partial charge on any atom is -2.00 e. The molecule has 0 heterocycles. The third-order valence-corrected chi connectivity index (χ3v) is 0. The zero-order valence-electron chi connectivity index (χ0n) is 4.64. The van der Waals surface area contributed by atoms with Crippen molar-refractivity contribution in [1.29, 1.82) is 0 Å². The summed E-state index contributed by atoms with van der Waals surface area (Å²) in [5.74, 6) is 0. The van der Waals surface area contributed by atoms with Gasteiger partial charge < -0.3 is 89.8 Å². The average Bonchev–Trinajstić information content (AvgIpc) is 0. The molecule has 0 atom stereocenters. The van der Waals surface area contributed by atoms with E-state index in [1.165, 1.54) is 0 Å². The SMILES string of the molecule is [Br-].[Br-].[Br-].[Br-].[O-2].[O-2].[O-2].[O-2].[Zr+4].[Zr+4].[Zr+4]. The van der Waals surface area contributed by atoms with E-state index in [1.807, 2.05) is 0 Å². The summed E-state index contributed by atoms with van der Waals surface area (Å²) in [4.78, 5) is 0. The topological polar surface area (TPSA) is 114 Å². The number of halogens is 4. The van der Waals surface area contributed by atoms with Gasteiger partial charge in [0.25, 0.3) is 0 Å². The zero-order chi connectivity index (χ0) is 0. The van der Waals surface area contributed by atoms with Crippen molar-refractivity contribution in [3.63, 3.8) is 0 Å². The normalized spacial score (nSPS) is 0. The van der Waals surface area contributed by atoms with Crippen LogP contribution >= 0.6 is 0 Å². The summed E-state index contributed by atoms with van der Waals surface area (Å²) in [6.07, 6.45) is 0. The Bertz CT molecular complexity index is 17.3. The second-order valence-corrected chi connectivity index (χ2v) is 0. The molecule has 4 nitrogen and oxygen atoms in total. The molecular formula is Br4O4Zr3. The Hall–Kier alpha value is 4.41. The van der Waals surface area contributed by atoms with Gasteiger partial charge in [-0.2, -0.15) is 0 Å². The third-order valence-electron chi connectivity index (χ3n) is 0. The van der Waals surface area contributed by atoms with Gasteiger partial charge in [0.05, 0.1) is 0 Å². The summed E-state index contributed by atoms with van der Waals surface area (Å²) >= 11 is 0. The molecule has 0 aromatic heterocycles. The molecule has 0 radical (unpaired) electrons. The first kappa shape index (κ1) is 165. The first-order chi connectivity index (χ1) is 0. The molecule has 0 aromatic rings. The minimum atomic E-state index is 0. The average molecular weight is 657 g/mol. The number of hydrogen-bond acceptors (Lipinski definition) is 0. The maximum absolute atomic E-state index is 0. The molecule has 0 spiro atoms. The van der Waals surface area contributed by atoms with E-state index in [4.69, 9.17) is 0 Å². The molecule has 0 saturated heterocycles. The quantitative estimate of drug-likeness (QED) is 0.247. The van der Waals surface area contributed by atoms with Crippen molar-refractivity contribution < 1.29 is 168 Å². The Labute approximate surface area is 165 Å². The van der Waals surface area contributed by atoms with Gasteiger partial charge in [-0.3, -0.25) is 0 Å². The molecule has 0 aliphatic rings. The molecule has 11 heteroatoms. The summed E-state index contributed by atoms with van der Waals surface area (Å²) in [5, 5.41) is 0. The van der Waals surface area contributed by atoms with Gasteiger partial charge in [0.2, 0.25) is 0 Å². The van der Waals surface area contributed by atoms with Crippen molar-refractivity contribution >= 4 is 0 Å². The van der Waals surface area contributed by atoms with E-state index in [0.29, 0.717) is 0 Å². The van der Waals surface area contributed by atoms with Gasteiger partial charge in [-0.05, 0) is 0 Å². The van der Waals surface area contributed by atoms with Crippen molar-refractivity contribution in [2.75, 3.05) is 0 Å². The van der Waals surface area contributed by atoms with E-state index >= 15 is 0 Å². The third kappa shape index (κ3) is 114. The van der Waals surface area contributed by atoms with Gasteiger partial charge in [0, 0.05) is 0 Å². The summed E-state index contributed by atoms with van der Waals surface area (Å²) in [6, 6.07) is 0. The van der Waals surface area contributed by atoms with Gasteiger partial charge in [-0.25, -0.2) is 0 Å². The fourth-order valence-electron chi connectivity index (χ4n) is 0. The molecule has 0 amide bonds. The van der Waals surface area contributed by atoms with Crippen LogP contribution in [-0.2, 0) is 101 Å². The second kappa shape index (κ2) is 133. The molecular weight excluding hydrogens is 657 g/mol. The zero-order valence-corrected chi connectivity index (χ0v) is 18.4. The molecule has 0 fully saturated rings. The maximum Gasteiger partial charge on any atom is 4.00 e. The van der Waals surface area contributed by atoms with E-state index in [9.17, 15) is 0 Å². The molecule has 0 aliphatic heterocycles. The van der Waals surface area contributed by atoms with E-state index in [1.54, 1.807) is 0 Å². The van der Waals surface area contributed by atoms with Crippen molar-refractivity contribution in [3.8, 4) is 0 Å². The van der Waals surface area contributed by atoms with E-state index in [-0.39, 0.29) is 168 Å². The minimum absolute atomic E-state index is 0. The van der Waals surface area contributed by atoms with Crippen LogP contribution in [0.1, 0.15) is 0 Å². The molecule has 0 aromatic carbocycles. The molecule has 0 bridgehead atoms. The fourth-order valence-corrected chi connectivity index (χ4v) is 0. The Morgan fingerprint density at radius 2 is 0.273 bits per heavy atom. The van der Waals surface area contributed by atoms with Crippen molar-refractivity contribution in [3.05, 3.63) is 0 Å². The molecule has 11 heavy (non-hydrogen) atoms. The van der Waals surface area contributed by atoms with Crippen LogP contribution in [0.2, 0.25) is 0 Å². The summed E-state index contributed by atoms with van der Waals surface area (Å²) in [7, 11) is 0. The van der Waals surface area contributed by atoms with Crippen LogP contribution in [-0.4, -0.2) is 0 Å². The standard InChI is InChI=1S/4BrH.4O.3Zr/h4*1H;;;;;;;/q;;;;4*-2;3*+4/p-4. The first-order valence-corrected chi connectivity index (χ1v) is 0. The summed E-state index contributed by atoms with van der Waals surface area (Å²) in [6.45, 7) is 0. The monoisotopic (exact) mass is 649 g/mol. The van der Waals surface area contributed by atoms with Crippen LogP contribution in [0.15, 0.2) is 0 Å². The number of rotatable bonds is 0. The van der Waals surface area contributed by atoms with E-state index < -0.39 is 0 Å². The summed E-state index contributed by atoms with van der Waals surface area (Å²) < 4.78 is 0. The predicted molar refractivity (Wildman–Crippen MR) is 2.75 cm³/mol. The van der Waals surface area contributed by atoms with Gasteiger partial charge >= 0.3 is 78.6 Å². The van der Waals surface area contributed by atoms with E-state index in [0.717, 1.165) is 0 Å². The second-order valence-electron chi connectivity index (χ2n) is 0. The van der Waals surface area contributed by atoms with Gasteiger partial charge in [-0.1, -0.05) is 0 Å². The van der Waals surface area contributed by atoms with Crippen LogP contribution in [0.25, 0.3) is 0 Å². The van der Waals surface area contributed by atoms with E-state index in [2.05, 4.69) is 0 Å². The Morgan fingerprint density at radius 1 is 0.273 bits per heavy atom. The first-order valence-electron chi connectivity index (χ1n) is 0. The van der Waals surface area contributed by atoms with Crippen molar-refractivity contribution in [2.45, 2.75) is 0 Å². The maximum atomic E-state index is 0. The van der Waals surface area contributed by atoms with Crippen LogP contribution in [0.3, 0.4) is 0 Å². The molecule has 0 aliphatic carbocycles. The fraction of sp³-hybridized carbons (Fsp3) is 0. The van der Waals surface area contributed by atoms with Crippen LogP contribution in [0.5, 0.6) is 0 Å². The summed E-state index contributed by atoms with van der Waals surface area (Å²) in [5.41, 5.74) is 0. The molecule has 0 N–H and O–H groups in total. The smallest absolute Gasteiger partial charge is 2.00 e.